The standard InChI is InChI=1S/C22H33N3O2/c1-2-24-16-19(18-7-4-3-5-8-18)15-22(17-24)11-13-25(14-12-22)21(27)10-6-9-20(23)26/h3-5,7-8,19H,2,6,9-17H2,1H3,(H2,23,26)/t19-/m0/s1. The van der Waals surface area contributed by atoms with Crippen molar-refractivity contribution >= 4 is 11.8 Å². The van der Waals surface area contributed by atoms with Crippen LogP contribution in [0.2, 0.25) is 0 Å². The maximum atomic E-state index is 12.4. The molecule has 2 aliphatic rings. The number of likely N-dealkylation sites (tertiary alicyclic amines) is 2. The Labute approximate surface area is 162 Å². The van der Waals surface area contributed by atoms with Crippen molar-refractivity contribution in [3.8, 4) is 0 Å². The van der Waals surface area contributed by atoms with Gasteiger partial charge in [0.05, 0.1) is 0 Å². The average Bonchev–Trinajstić information content (AvgIpc) is 2.68. The van der Waals surface area contributed by atoms with Crippen LogP contribution in [0, 0.1) is 5.41 Å². The van der Waals surface area contributed by atoms with Crippen LogP contribution in [0.5, 0.6) is 0 Å². The van der Waals surface area contributed by atoms with Crippen molar-refractivity contribution in [2.75, 3.05) is 32.7 Å². The highest BCUT2D eigenvalue weighted by Gasteiger charge is 2.42. The average molecular weight is 372 g/mol. The number of carbonyl (C=O) groups excluding carboxylic acids is 2. The Kier molecular flexibility index (Phi) is 6.53. The fourth-order valence-electron chi connectivity index (χ4n) is 4.86. The normalized spacial score (nSPS) is 22.7. The second-order valence-corrected chi connectivity index (χ2v) is 8.34. The van der Waals surface area contributed by atoms with Gasteiger partial charge in [0.2, 0.25) is 11.8 Å². The summed E-state index contributed by atoms with van der Waals surface area (Å²) in [5.41, 5.74) is 6.93. The van der Waals surface area contributed by atoms with Crippen LogP contribution in [-0.2, 0) is 9.59 Å². The van der Waals surface area contributed by atoms with Gasteiger partial charge in [0.15, 0.2) is 0 Å². The van der Waals surface area contributed by atoms with Gasteiger partial charge in [-0.1, -0.05) is 37.3 Å². The minimum Gasteiger partial charge on any atom is -0.370 e. The van der Waals surface area contributed by atoms with E-state index in [0.29, 0.717) is 30.6 Å². The second kappa shape index (κ2) is 8.87. The van der Waals surface area contributed by atoms with Gasteiger partial charge < -0.3 is 15.5 Å². The second-order valence-electron chi connectivity index (χ2n) is 8.34. The van der Waals surface area contributed by atoms with Crippen molar-refractivity contribution in [2.45, 2.75) is 51.4 Å². The number of hydrogen-bond acceptors (Lipinski definition) is 3. The number of likely N-dealkylation sites (N-methyl/N-ethyl adjacent to an activating group) is 1. The summed E-state index contributed by atoms with van der Waals surface area (Å²) in [6.45, 7) is 7.30. The molecule has 0 bridgehead atoms. The zero-order valence-corrected chi connectivity index (χ0v) is 16.5. The lowest BCUT2D eigenvalue weighted by Crippen LogP contribution is -2.52. The number of benzene rings is 1. The van der Waals surface area contributed by atoms with Crippen LogP contribution in [0.15, 0.2) is 30.3 Å². The molecule has 2 aliphatic heterocycles. The van der Waals surface area contributed by atoms with E-state index in [4.69, 9.17) is 5.73 Å². The summed E-state index contributed by atoms with van der Waals surface area (Å²) in [5.74, 6) is 0.431. The first-order valence-corrected chi connectivity index (χ1v) is 10.3. The van der Waals surface area contributed by atoms with E-state index >= 15 is 0 Å². The van der Waals surface area contributed by atoms with Gasteiger partial charge in [-0.05, 0) is 49.1 Å². The number of amides is 2. The van der Waals surface area contributed by atoms with Crippen LogP contribution >= 0.6 is 0 Å². The zero-order valence-electron chi connectivity index (χ0n) is 16.5. The summed E-state index contributed by atoms with van der Waals surface area (Å²) < 4.78 is 0. The molecule has 1 atom stereocenters. The van der Waals surface area contributed by atoms with E-state index in [2.05, 4.69) is 42.2 Å². The lowest BCUT2D eigenvalue weighted by atomic mass is 9.68. The van der Waals surface area contributed by atoms with Crippen LogP contribution in [0.3, 0.4) is 0 Å². The topological polar surface area (TPSA) is 66.6 Å². The van der Waals surface area contributed by atoms with E-state index in [-0.39, 0.29) is 11.8 Å². The molecule has 27 heavy (non-hydrogen) atoms. The SMILES string of the molecule is CCN1C[C@@H](c2ccccc2)CC2(CCN(C(=O)CCCC(N)=O)CC2)C1. The van der Waals surface area contributed by atoms with Gasteiger partial charge in [0, 0.05) is 39.0 Å². The lowest BCUT2D eigenvalue weighted by Gasteiger charge is -2.50. The number of piperidine rings is 2. The van der Waals surface area contributed by atoms with Crippen LogP contribution in [0.25, 0.3) is 0 Å². The molecule has 0 saturated carbocycles. The van der Waals surface area contributed by atoms with E-state index in [0.717, 1.165) is 45.6 Å². The molecule has 0 unspecified atom stereocenters. The number of nitrogens with two attached hydrogens (primary N) is 1. The van der Waals surface area contributed by atoms with Crippen molar-refractivity contribution in [3.63, 3.8) is 0 Å². The Bertz CT molecular complexity index is 638. The predicted molar refractivity (Wildman–Crippen MR) is 107 cm³/mol. The van der Waals surface area contributed by atoms with Crippen LogP contribution in [0.4, 0.5) is 0 Å². The molecule has 3 rings (SSSR count). The Morgan fingerprint density at radius 1 is 1.15 bits per heavy atom. The molecular weight excluding hydrogens is 338 g/mol. The van der Waals surface area contributed by atoms with E-state index < -0.39 is 0 Å². The summed E-state index contributed by atoms with van der Waals surface area (Å²) in [5, 5.41) is 0. The third-order valence-electron chi connectivity index (χ3n) is 6.43. The molecule has 2 fully saturated rings. The van der Waals surface area contributed by atoms with Gasteiger partial charge in [-0.25, -0.2) is 0 Å². The molecule has 2 amide bonds. The molecule has 1 spiro atoms. The number of carbonyl (C=O) groups is 2. The van der Waals surface area contributed by atoms with Gasteiger partial charge in [-0.2, -0.15) is 0 Å². The third-order valence-corrected chi connectivity index (χ3v) is 6.43. The molecule has 0 aromatic heterocycles. The van der Waals surface area contributed by atoms with Gasteiger partial charge >= 0.3 is 0 Å². The third kappa shape index (κ3) is 5.10. The summed E-state index contributed by atoms with van der Waals surface area (Å²) in [6, 6.07) is 10.9. The molecule has 1 aromatic carbocycles. The maximum Gasteiger partial charge on any atom is 0.222 e. The fourth-order valence-corrected chi connectivity index (χ4v) is 4.86. The molecule has 5 nitrogen and oxygen atoms in total. The smallest absolute Gasteiger partial charge is 0.222 e. The predicted octanol–water partition coefficient (Wildman–Crippen LogP) is 2.76. The summed E-state index contributed by atoms with van der Waals surface area (Å²) in [4.78, 5) is 27.9. The van der Waals surface area contributed by atoms with Crippen molar-refractivity contribution in [1.82, 2.24) is 9.80 Å². The van der Waals surface area contributed by atoms with E-state index in [1.165, 1.54) is 12.0 Å². The summed E-state index contributed by atoms with van der Waals surface area (Å²) in [6.07, 6.45) is 4.67. The van der Waals surface area contributed by atoms with Crippen molar-refractivity contribution in [3.05, 3.63) is 35.9 Å². The van der Waals surface area contributed by atoms with Crippen molar-refractivity contribution in [1.29, 1.82) is 0 Å². The number of nitrogens with zero attached hydrogens (tertiary/aromatic N) is 2. The number of rotatable bonds is 6. The van der Waals surface area contributed by atoms with Gasteiger partial charge in [-0.15, -0.1) is 0 Å². The van der Waals surface area contributed by atoms with Crippen LogP contribution < -0.4 is 5.73 Å². The largest absolute Gasteiger partial charge is 0.370 e. The first-order chi connectivity index (χ1) is 13.0. The van der Waals surface area contributed by atoms with E-state index in [1.54, 1.807) is 0 Å². The van der Waals surface area contributed by atoms with E-state index in [9.17, 15) is 9.59 Å². The number of primary amides is 1. The highest BCUT2D eigenvalue weighted by Crippen LogP contribution is 2.45. The van der Waals surface area contributed by atoms with Crippen molar-refractivity contribution < 1.29 is 9.59 Å². The molecule has 1 aromatic rings. The molecule has 2 saturated heterocycles. The Morgan fingerprint density at radius 3 is 2.48 bits per heavy atom. The highest BCUT2D eigenvalue weighted by atomic mass is 16.2. The van der Waals surface area contributed by atoms with Gasteiger partial charge in [0.1, 0.15) is 0 Å². The monoisotopic (exact) mass is 371 g/mol. The maximum absolute atomic E-state index is 12.4. The molecule has 0 aliphatic carbocycles. The molecule has 5 heteroatoms. The lowest BCUT2D eigenvalue weighted by molar-refractivity contribution is -0.134. The molecule has 2 N–H and O–H groups in total. The number of hydrogen-bond donors (Lipinski definition) is 1. The van der Waals surface area contributed by atoms with Crippen molar-refractivity contribution in [2.24, 2.45) is 11.1 Å². The van der Waals surface area contributed by atoms with E-state index in [1.807, 2.05) is 4.90 Å². The Morgan fingerprint density at radius 2 is 1.85 bits per heavy atom. The Hall–Kier alpha value is -1.88. The molecule has 0 radical (unpaired) electrons. The quantitative estimate of drug-likeness (QED) is 0.836. The first-order valence-electron chi connectivity index (χ1n) is 10.3. The van der Waals surface area contributed by atoms with Gasteiger partial charge in [0.25, 0.3) is 0 Å². The summed E-state index contributed by atoms with van der Waals surface area (Å²) in [7, 11) is 0. The zero-order chi connectivity index (χ0) is 19.3. The minimum atomic E-state index is -0.325. The Balaban J connectivity index is 1.59. The first kappa shape index (κ1) is 19.9. The molecule has 2 heterocycles. The summed E-state index contributed by atoms with van der Waals surface area (Å²) >= 11 is 0. The van der Waals surface area contributed by atoms with Gasteiger partial charge in [-0.3, -0.25) is 9.59 Å². The molecule has 148 valence electrons. The fraction of sp³-hybridized carbons (Fsp3) is 0.636. The minimum absolute atomic E-state index is 0.175. The molecular formula is C22H33N3O2. The van der Waals surface area contributed by atoms with Crippen LogP contribution in [-0.4, -0.2) is 54.3 Å². The van der Waals surface area contributed by atoms with Crippen LogP contribution in [0.1, 0.15) is 56.9 Å². The highest BCUT2D eigenvalue weighted by molar-refractivity contribution is 5.78.